The summed E-state index contributed by atoms with van der Waals surface area (Å²) in [4.78, 5) is 15.3. The molecule has 1 amide bonds. The smallest absolute Gasteiger partial charge is 0.272 e. The molecule has 6 heteroatoms. The number of hydrogen-bond acceptors (Lipinski definition) is 4. The van der Waals surface area contributed by atoms with E-state index in [0.717, 1.165) is 22.7 Å². The van der Waals surface area contributed by atoms with E-state index in [1.165, 1.54) is 0 Å². The van der Waals surface area contributed by atoms with Crippen molar-refractivity contribution in [2.24, 2.45) is 0 Å². The molecule has 6 nitrogen and oxygen atoms in total. The third-order valence-corrected chi connectivity index (χ3v) is 5.00. The molecule has 1 saturated heterocycles. The van der Waals surface area contributed by atoms with Gasteiger partial charge in [-0.1, -0.05) is 30.3 Å². The number of rotatable bonds is 4. The average molecular weight is 391 g/mol. The molecule has 0 radical (unpaired) electrons. The highest BCUT2D eigenvalue weighted by Crippen LogP contribution is 2.26. The number of morpholine rings is 1. The van der Waals surface area contributed by atoms with Crippen molar-refractivity contribution in [1.29, 1.82) is 0 Å². The Balaban J connectivity index is 1.77. The lowest BCUT2D eigenvalue weighted by Gasteiger charge is -2.35. The van der Waals surface area contributed by atoms with Crippen LogP contribution in [0.2, 0.25) is 0 Å². The Hall–Kier alpha value is -3.12. The third-order valence-electron chi connectivity index (χ3n) is 5.00. The topological polar surface area (TPSA) is 56.6 Å². The van der Waals surface area contributed by atoms with Crippen LogP contribution < -0.4 is 4.74 Å². The summed E-state index contributed by atoms with van der Waals surface area (Å²) in [7, 11) is 1.64. The number of para-hydroxylation sites is 1. The number of amides is 1. The van der Waals surface area contributed by atoms with Crippen LogP contribution in [-0.2, 0) is 4.74 Å². The summed E-state index contributed by atoms with van der Waals surface area (Å²) in [5.41, 5.74) is 3.01. The molecule has 2 unspecified atom stereocenters. The van der Waals surface area contributed by atoms with Gasteiger partial charge in [-0.2, -0.15) is 5.10 Å². The molecule has 0 N–H and O–H groups in total. The van der Waals surface area contributed by atoms with Crippen LogP contribution in [-0.4, -0.2) is 53.0 Å². The summed E-state index contributed by atoms with van der Waals surface area (Å²) in [5.74, 6) is 0.706. The largest absolute Gasteiger partial charge is 0.497 e. The van der Waals surface area contributed by atoms with Crippen molar-refractivity contribution in [2.75, 3.05) is 20.2 Å². The second-order valence-electron chi connectivity index (χ2n) is 7.36. The average Bonchev–Trinajstić information content (AvgIpc) is 3.18. The van der Waals surface area contributed by atoms with Crippen LogP contribution in [0.4, 0.5) is 0 Å². The van der Waals surface area contributed by atoms with Gasteiger partial charge in [0.25, 0.3) is 5.91 Å². The molecule has 2 heterocycles. The van der Waals surface area contributed by atoms with Gasteiger partial charge in [0.05, 0.1) is 30.7 Å². The van der Waals surface area contributed by atoms with E-state index >= 15 is 0 Å². The highest BCUT2D eigenvalue weighted by Gasteiger charge is 2.29. The van der Waals surface area contributed by atoms with E-state index < -0.39 is 0 Å². The van der Waals surface area contributed by atoms with Crippen molar-refractivity contribution >= 4 is 5.91 Å². The van der Waals surface area contributed by atoms with Crippen molar-refractivity contribution in [2.45, 2.75) is 26.1 Å². The molecule has 4 rings (SSSR count). The minimum Gasteiger partial charge on any atom is -0.497 e. The Bertz CT molecular complexity index is 990. The normalized spacial score (nSPS) is 19.2. The summed E-state index contributed by atoms with van der Waals surface area (Å²) in [5, 5.41) is 4.76. The molecule has 0 saturated carbocycles. The molecule has 1 fully saturated rings. The first-order valence-corrected chi connectivity index (χ1v) is 9.80. The minimum absolute atomic E-state index is 0.00801. The maximum absolute atomic E-state index is 13.4. The second-order valence-corrected chi connectivity index (χ2v) is 7.36. The Morgan fingerprint density at radius 1 is 1.03 bits per heavy atom. The summed E-state index contributed by atoms with van der Waals surface area (Å²) in [6, 6.07) is 19.3. The number of aromatic nitrogens is 2. The highest BCUT2D eigenvalue weighted by atomic mass is 16.5. The van der Waals surface area contributed by atoms with E-state index in [4.69, 9.17) is 14.6 Å². The maximum Gasteiger partial charge on any atom is 0.272 e. The molecule has 29 heavy (non-hydrogen) atoms. The van der Waals surface area contributed by atoms with Crippen molar-refractivity contribution in [3.63, 3.8) is 0 Å². The van der Waals surface area contributed by atoms with Crippen LogP contribution in [0.3, 0.4) is 0 Å². The van der Waals surface area contributed by atoms with Gasteiger partial charge in [-0.25, -0.2) is 4.68 Å². The van der Waals surface area contributed by atoms with Gasteiger partial charge >= 0.3 is 0 Å². The number of ether oxygens (including phenoxy) is 2. The molecule has 0 spiro atoms. The standard InChI is InChI=1S/C23H25N3O3/c1-16-14-25(15-17(2)29-16)23(27)22-13-21(18-8-7-11-20(12-18)28-3)24-26(22)19-9-5-4-6-10-19/h4-13,16-17H,14-15H2,1-3H3. The van der Waals surface area contributed by atoms with Crippen LogP contribution in [0.25, 0.3) is 16.9 Å². The first-order valence-electron chi connectivity index (χ1n) is 9.80. The number of carbonyl (C=O) groups is 1. The summed E-state index contributed by atoms with van der Waals surface area (Å²) < 4.78 is 12.9. The van der Waals surface area contributed by atoms with Crippen LogP contribution >= 0.6 is 0 Å². The zero-order chi connectivity index (χ0) is 20.4. The number of nitrogens with zero attached hydrogens (tertiary/aromatic N) is 3. The Labute approximate surface area is 170 Å². The monoisotopic (exact) mass is 391 g/mol. The molecular weight excluding hydrogens is 366 g/mol. The van der Waals surface area contributed by atoms with Gasteiger partial charge in [0.15, 0.2) is 0 Å². The lowest BCUT2D eigenvalue weighted by Crippen LogP contribution is -2.48. The number of benzene rings is 2. The van der Waals surface area contributed by atoms with Crippen LogP contribution in [0.5, 0.6) is 5.75 Å². The van der Waals surface area contributed by atoms with Crippen molar-refractivity contribution in [3.05, 3.63) is 66.4 Å². The highest BCUT2D eigenvalue weighted by molar-refractivity contribution is 5.94. The molecule has 150 valence electrons. The van der Waals surface area contributed by atoms with Gasteiger partial charge in [-0.3, -0.25) is 4.79 Å². The fourth-order valence-electron chi connectivity index (χ4n) is 3.73. The first kappa shape index (κ1) is 19.2. The predicted molar refractivity (Wildman–Crippen MR) is 111 cm³/mol. The Kier molecular flexibility index (Phi) is 5.36. The molecule has 0 bridgehead atoms. The quantitative estimate of drug-likeness (QED) is 0.679. The zero-order valence-corrected chi connectivity index (χ0v) is 16.9. The fraction of sp³-hybridized carbons (Fsp3) is 0.304. The minimum atomic E-state index is -0.0440. The van der Waals surface area contributed by atoms with Gasteiger partial charge < -0.3 is 14.4 Å². The van der Waals surface area contributed by atoms with Gasteiger partial charge in [0.1, 0.15) is 11.4 Å². The van der Waals surface area contributed by atoms with Crippen molar-refractivity contribution in [3.8, 4) is 22.7 Å². The van der Waals surface area contributed by atoms with E-state index in [2.05, 4.69) is 0 Å². The van der Waals surface area contributed by atoms with E-state index in [-0.39, 0.29) is 18.1 Å². The third kappa shape index (κ3) is 4.03. The summed E-state index contributed by atoms with van der Waals surface area (Å²) >= 11 is 0. The zero-order valence-electron chi connectivity index (χ0n) is 16.9. The number of methoxy groups -OCH3 is 1. The SMILES string of the molecule is COc1cccc(-c2cc(C(=O)N3CC(C)OC(C)C3)n(-c3ccccc3)n2)c1. The van der Waals surface area contributed by atoms with Crippen molar-refractivity contribution in [1.82, 2.24) is 14.7 Å². The molecule has 2 aromatic carbocycles. The Morgan fingerprint density at radius 2 is 1.76 bits per heavy atom. The fourth-order valence-corrected chi connectivity index (χ4v) is 3.73. The lowest BCUT2D eigenvalue weighted by molar-refractivity contribution is -0.0588. The molecule has 3 aromatic rings. The lowest BCUT2D eigenvalue weighted by atomic mass is 10.1. The van der Waals surface area contributed by atoms with Gasteiger partial charge in [0, 0.05) is 18.7 Å². The van der Waals surface area contributed by atoms with Gasteiger partial charge in [-0.15, -0.1) is 0 Å². The maximum atomic E-state index is 13.4. The summed E-state index contributed by atoms with van der Waals surface area (Å²) in [6.07, 6.45) is 0.0160. The van der Waals surface area contributed by atoms with Gasteiger partial charge in [-0.05, 0) is 44.2 Å². The first-order chi connectivity index (χ1) is 14.0. The number of carbonyl (C=O) groups excluding carboxylic acids is 1. The van der Waals surface area contributed by atoms with Crippen LogP contribution in [0.15, 0.2) is 60.7 Å². The predicted octanol–water partition coefficient (Wildman–Crippen LogP) is 3.80. The molecule has 0 aliphatic carbocycles. The van der Waals surface area contributed by atoms with Crippen LogP contribution in [0, 0.1) is 0 Å². The molecule has 1 aliphatic heterocycles. The van der Waals surface area contributed by atoms with Crippen molar-refractivity contribution < 1.29 is 14.3 Å². The molecular formula is C23H25N3O3. The molecule has 1 aromatic heterocycles. The van der Waals surface area contributed by atoms with Crippen LogP contribution in [0.1, 0.15) is 24.3 Å². The summed E-state index contributed by atoms with van der Waals surface area (Å²) in [6.45, 7) is 5.12. The molecule has 1 aliphatic rings. The van der Waals surface area contributed by atoms with E-state index in [1.807, 2.05) is 79.4 Å². The Morgan fingerprint density at radius 3 is 2.45 bits per heavy atom. The van der Waals surface area contributed by atoms with E-state index in [1.54, 1.807) is 11.8 Å². The number of hydrogen-bond donors (Lipinski definition) is 0. The molecule has 2 atom stereocenters. The van der Waals surface area contributed by atoms with E-state index in [0.29, 0.717) is 18.8 Å². The van der Waals surface area contributed by atoms with Gasteiger partial charge in [0.2, 0.25) is 0 Å². The van der Waals surface area contributed by atoms with E-state index in [9.17, 15) is 4.79 Å². The second kappa shape index (κ2) is 8.09.